The molecular weight excluding hydrogens is 387 g/mol. The van der Waals surface area contributed by atoms with Gasteiger partial charge in [-0.2, -0.15) is 0 Å². The number of nitrogens with one attached hydrogen (secondary N) is 1. The number of aromatic nitrogens is 2. The minimum Gasteiger partial charge on any atom is -0.381 e. The molecule has 2 aromatic carbocycles. The lowest BCUT2D eigenvalue weighted by molar-refractivity contribution is -0.119. The number of ether oxygens (including phenoxy) is 2. The Hall–Kier alpha value is -2.97. The number of fused-ring (bicyclic) bond motifs is 1. The number of hydrogen-bond donors (Lipinski definition) is 1. The second kappa shape index (κ2) is 8.04. The Kier molecular flexibility index (Phi) is 5.10. The Bertz CT molecular complexity index is 1050. The van der Waals surface area contributed by atoms with Crippen LogP contribution in [0.3, 0.4) is 0 Å². The van der Waals surface area contributed by atoms with Gasteiger partial charge in [-0.3, -0.25) is 4.79 Å². The summed E-state index contributed by atoms with van der Waals surface area (Å²) < 4.78 is 26.1. The van der Waals surface area contributed by atoms with Crippen molar-refractivity contribution in [3.8, 4) is 5.69 Å². The highest BCUT2D eigenvalue weighted by Gasteiger charge is 2.27. The minimum atomic E-state index is -0.307. The lowest BCUT2D eigenvalue weighted by Gasteiger charge is -2.29. The summed E-state index contributed by atoms with van der Waals surface area (Å²) in [4.78, 5) is 15.1. The SMILES string of the molecule is O=C(Nc1nn(-c2ccc(F)cc2)c2cccc(N3CCOCC3)c12)[C@H]1CCOC1. The fraction of sp³-hybridized carbons (Fsp3) is 0.364. The van der Waals surface area contributed by atoms with Gasteiger partial charge in [-0.25, -0.2) is 9.07 Å². The van der Waals surface area contributed by atoms with Gasteiger partial charge in [-0.15, -0.1) is 5.10 Å². The van der Waals surface area contributed by atoms with Crippen LogP contribution in [0.1, 0.15) is 6.42 Å². The third-order valence-corrected chi connectivity index (χ3v) is 5.65. The summed E-state index contributed by atoms with van der Waals surface area (Å²) in [6.07, 6.45) is 0.707. The van der Waals surface area contributed by atoms with Crippen molar-refractivity contribution in [1.29, 1.82) is 0 Å². The first-order valence-corrected chi connectivity index (χ1v) is 10.2. The van der Waals surface area contributed by atoms with Crippen molar-refractivity contribution in [3.05, 3.63) is 48.3 Å². The van der Waals surface area contributed by atoms with Gasteiger partial charge in [0.25, 0.3) is 0 Å². The van der Waals surface area contributed by atoms with Crippen LogP contribution in [-0.4, -0.2) is 55.2 Å². The summed E-state index contributed by atoms with van der Waals surface area (Å²) in [6.45, 7) is 3.88. The first-order valence-electron chi connectivity index (χ1n) is 10.2. The molecule has 1 N–H and O–H groups in total. The average Bonchev–Trinajstić information content (AvgIpc) is 3.44. The molecule has 1 atom stereocenters. The summed E-state index contributed by atoms with van der Waals surface area (Å²) >= 11 is 0. The third-order valence-electron chi connectivity index (χ3n) is 5.65. The van der Waals surface area contributed by atoms with Gasteiger partial charge in [0.1, 0.15) is 5.82 Å². The number of amides is 1. The van der Waals surface area contributed by atoms with E-state index >= 15 is 0 Å². The maximum atomic E-state index is 13.5. The number of benzene rings is 2. The molecule has 0 radical (unpaired) electrons. The molecule has 7 nitrogen and oxygen atoms in total. The van der Waals surface area contributed by atoms with Crippen LogP contribution in [0.2, 0.25) is 0 Å². The van der Waals surface area contributed by atoms with E-state index in [1.54, 1.807) is 16.8 Å². The third kappa shape index (κ3) is 3.53. The molecule has 8 heteroatoms. The quantitative estimate of drug-likeness (QED) is 0.716. The second-order valence-corrected chi connectivity index (χ2v) is 7.56. The van der Waals surface area contributed by atoms with Crippen LogP contribution in [0.15, 0.2) is 42.5 Å². The predicted molar refractivity (Wildman–Crippen MR) is 112 cm³/mol. The predicted octanol–water partition coefficient (Wildman–Crippen LogP) is 2.98. The Morgan fingerprint density at radius 2 is 1.87 bits per heavy atom. The number of nitrogens with zero attached hydrogens (tertiary/aromatic N) is 3. The number of anilines is 2. The Labute approximate surface area is 173 Å². The zero-order chi connectivity index (χ0) is 20.5. The Morgan fingerprint density at radius 1 is 1.07 bits per heavy atom. The molecule has 0 bridgehead atoms. The van der Waals surface area contributed by atoms with E-state index in [9.17, 15) is 9.18 Å². The highest BCUT2D eigenvalue weighted by molar-refractivity contribution is 6.07. The van der Waals surface area contributed by atoms with Gasteiger partial charge in [0.05, 0.1) is 48.0 Å². The molecule has 156 valence electrons. The topological polar surface area (TPSA) is 68.6 Å². The van der Waals surface area contributed by atoms with Crippen molar-refractivity contribution in [2.75, 3.05) is 49.7 Å². The Morgan fingerprint density at radius 3 is 2.60 bits per heavy atom. The maximum absolute atomic E-state index is 13.5. The number of carbonyl (C=O) groups excluding carboxylic acids is 1. The van der Waals surface area contributed by atoms with Crippen LogP contribution in [0.25, 0.3) is 16.6 Å². The fourth-order valence-corrected chi connectivity index (χ4v) is 4.05. The zero-order valence-electron chi connectivity index (χ0n) is 16.5. The Balaban J connectivity index is 1.62. The summed E-state index contributed by atoms with van der Waals surface area (Å²) in [5.41, 5.74) is 2.58. The van der Waals surface area contributed by atoms with Crippen molar-refractivity contribution < 1.29 is 18.7 Å². The summed E-state index contributed by atoms with van der Waals surface area (Å²) in [6, 6.07) is 12.2. The molecule has 30 heavy (non-hydrogen) atoms. The van der Waals surface area contributed by atoms with E-state index < -0.39 is 0 Å². The van der Waals surface area contributed by atoms with Gasteiger partial charge in [0.2, 0.25) is 5.91 Å². The number of rotatable bonds is 4. The number of halogens is 1. The maximum Gasteiger partial charge on any atom is 0.231 e. The van der Waals surface area contributed by atoms with E-state index in [-0.39, 0.29) is 17.6 Å². The standard InChI is InChI=1S/C22H23FN4O3/c23-16-4-6-17(7-5-16)27-19-3-1-2-18(26-9-12-29-13-10-26)20(19)21(25-27)24-22(28)15-8-11-30-14-15/h1-7,15H,8-14H2,(H,24,25,28)/t15-/m0/s1. The van der Waals surface area contributed by atoms with Crippen LogP contribution < -0.4 is 10.2 Å². The summed E-state index contributed by atoms with van der Waals surface area (Å²) in [5.74, 6) is -0.0613. The minimum absolute atomic E-state index is 0.0880. The van der Waals surface area contributed by atoms with Crippen molar-refractivity contribution in [1.82, 2.24) is 9.78 Å². The highest BCUT2D eigenvalue weighted by Crippen LogP contribution is 2.35. The molecule has 0 saturated carbocycles. The molecule has 3 heterocycles. The van der Waals surface area contributed by atoms with Crippen LogP contribution in [0.5, 0.6) is 0 Å². The average molecular weight is 410 g/mol. The molecule has 3 aromatic rings. The summed E-state index contributed by atoms with van der Waals surface area (Å²) in [5, 5.41) is 8.62. The second-order valence-electron chi connectivity index (χ2n) is 7.56. The van der Waals surface area contributed by atoms with E-state index in [4.69, 9.17) is 14.6 Å². The first-order chi connectivity index (χ1) is 14.7. The molecule has 0 aliphatic carbocycles. The summed E-state index contributed by atoms with van der Waals surface area (Å²) in [7, 11) is 0. The molecule has 2 aliphatic heterocycles. The van der Waals surface area contributed by atoms with Gasteiger partial charge < -0.3 is 19.7 Å². The van der Waals surface area contributed by atoms with E-state index in [2.05, 4.69) is 10.2 Å². The van der Waals surface area contributed by atoms with E-state index in [0.29, 0.717) is 38.7 Å². The fourth-order valence-electron chi connectivity index (χ4n) is 4.05. The van der Waals surface area contributed by atoms with Gasteiger partial charge in [-0.1, -0.05) is 6.07 Å². The molecule has 1 aromatic heterocycles. The highest BCUT2D eigenvalue weighted by atomic mass is 19.1. The van der Waals surface area contributed by atoms with E-state index in [1.807, 2.05) is 18.2 Å². The van der Waals surface area contributed by atoms with Crippen LogP contribution >= 0.6 is 0 Å². The number of hydrogen-bond acceptors (Lipinski definition) is 5. The molecule has 2 saturated heterocycles. The largest absolute Gasteiger partial charge is 0.381 e. The smallest absolute Gasteiger partial charge is 0.231 e. The zero-order valence-corrected chi connectivity index (χ0v) is 16.5. The number of carbonyl (C=O) groups is 1. The number of morpholine rings is 1. The molecular formula is C22H23FN4O3. The normalized spacial score (nSPS) is 19.4. The van der Waals surface area contributed by atoms with Crippen molar-refractivity contribution in [2.24, 2.45) is 5.92 Å². The van der Waals surface area contributed by atoms with E-state index in [0.717, 1.165) is 35.4 Å². The van der Waals surface area contributed by atoms with Crippen molar-refractivity contribution >= 4 is 28.3 Å². The molecule has 1 amide bonds. The lowest BCUT2D eigenvalue weighted by Crippen LogP contribution is -2.36. The van der Waals surface area contributed by atoms with Crippen LogP contribution in [-0.2, 0) is 14.3 Å². The van der Waals surface area contributed by atoms with Crippen molar-refractivity contribution in [2.45, 2.75) is 6.42 Å². The first kappa shape index (κ1) is 19.0. The molecule has 2 aliphatic rings. The van der Waals surface area contributed by atoms with Gasteiger partial charge >= 0.3 is 0 Å². The van der Waals surface area contributed by atoms with Gasteiger partial charge in [0.15, 0.2) is 5.82 Å². The van der Waals surface area contributed by atoms with Gasteiger partial charge in [0, 0.05) is 19.7 Å². The molecule has 5 rings (SSSR count). The molecule has 0 spiro atoms. The monoisotopic (exact) mass is 410 g/mol. The van der Waals surface area contributed by atoms with Gasteiger partial charge in [-0.05, 0) is 42.8 Å². The lowest BCUT2D eigenvalue weighted by atomic mass is 10.1. The van der Waals surface area contributed by atoms with Crippen LogP contribution in [0.4, 0.5) is 15.9 Å². The van der Waals surface area contributed by atoms with Crippen LogP contribution in [0, 0.1) is 11.7 Å². The van der Waals surface area contributed by atoms with E-state index in [1.165, 1.54) is 12.1 Å². The van der Waals surface area contributed by atoms with Crippen molar-refractivity contribution in [3.63, 3.8) is 0 Å². The molecule has 2 fully saturated rings. The molecule has 0 unspecified atom stereocenters.